The van der Waals surface area contributed by atoms with Crippen LogP contribution >= 0.6 is 0 Å². The number of allylic oxidation sites excluding steroid dienone is 2. The summed E-state index contributed by atoms with van der Waals surface area (Å²) in [6.45, 7) is 9.72. The third-order valence-electron chi connectivity index (χ3n) is 7.70. The molecule has 7 nitrogen and oxygen atoms in total. The number of aromatic nitrogens is 3. The maximum absolute atomic E-state index is 14.5. The summed E-state index contributed by atoms with van der Waals surface area (Å²) in [5, 5.41) is 17.6. The lowest BCUT2D eigenvalue weighted by molar-refractivity contribution is 0.241. The number of fused-ring (bicyclic) bond motifs is 5. The van der Waals surface area contributed by atoms with Crippen LogP contribution in [0.25, 0.3) is 17.3 Å². The number of benzene rings is 1. The van der Waals surface area contributed by atoms with Crippen LogP contribution in [0.5, 0.6) is 0 Å². The van der Waals surface area contributed by atoms with Crippen molar-refractivity contribution >= 4 is 18.5 Å². The molecule has 9 heteroatoms. The summed E-state index contributed by atoms with van der Waals surface area (Å²) in [5.41, 5.74) is 2.29. The summed E-state index contributed by atoms with van der Waals surface area (Å²) in [7, 11) is 0. The molecule has 2 aliphatic carbocycles. The largest absolute Gasteiger partial charge is 0.443 e. The molecular weight excluding hydrogens is 474 g/mol. The highest BCUT2D eigenvalue weighted by atomic mass is 19.1. The van der Waals surface area contributed by atoms with E-state index in [1.54, 1.807) is 25.3 Å². The summed E-state index contributed by atoms with van der Waals surface area (Å²) in [5.74, 6) is -0.971. The van der Waals surface area contributed by atoms with Crippen molar-refractivity contribution in [2.75, 3.05) is 0 Å². The fraction of sp³-hybridized carbons (Fsp3) is 0.286. The minimum absolute atomic E-state index is 0.0831. The number of hydrogen-bond acceptors (Lipinski definition) is 7. The van der Waals surface area contributed by atoms with Gasteiger partial charge in [-0.25, -0.2) is 18.8 Å². The van der Waals surface area contributed by atoms with Crippen molar-refractivity contribution in [3.63, 3.8) is 0 Å². The van der Waals surface area contributed by atoms with Crippen molar-refractivity contribution in [2.24, 2.45) is 15.4 Å². The Morgan fingerprint density at radius 3 is 2.73 bits per heavy atom. The summed E-state index contributed by atoms with van der Waals surface area (Å²) < 4.78 is 34.6. The third kappa shape index (κ3) is 3.63. The lowest BCUT2D eigenvalue weighted by Crippen LogP contribution is -2.37. The molecule has 2 bridgehead atoms. The van der Waals surface area contributed by atoms with E-state index in [0.29, 0.717) is 23.0 Å². The van der Waals surface area contributed by atoms with E-state index in [1.807, 2.05) is 6.07 Å². The van der Waals surface area contributed by atoms with Crippen molar-refractivity contribution in [3.05, 3.63) is 83.0 Å². The topological polar surface area (TPSA) is 100 Å². The first-order chi connectivity index (χ1) is 17.7. The van der Waals surface area contributed by atoms with Gasteiger partial charge in [-0.3, -0.25) is 4.99 Å². The number of halogens is 2. The van der Waals surface area contributed by atoms with Crippen molar-refractivity contribution in [2.45, 2.75) is 44.9 Å². The van der Waals surface area contributed by atoms with E-state index in [0.717, 1.165) is 24.1 Å². The van der Waals surface area contributed by atoms with Gasteiger partial charge in [0.25, 0.3) is 0 Å². The van der Waals surface area contributed by atoms with Crippen LogP contribution in [0.3, 0.4) is 0 Å². The van der Waals surface area contributed by atoms with Crippen LogP contribution in [-0.2, 0) is 5.41 Å². The van der Waals surface area contributed by atoms with Crippen molar-refractivity contribution in [1.29, 1.82) is 5.26 Å². The van der Waals surface area contributed by atoms with Gasteiger partial charge in [0.1, 0.15) is 29.3 Å². The maximum Gasteiger partial charge on any atom is 0.240 e. The van der Waals surface area contributed by atoms with E-state index >= 15 is 0 Å². The van der Waals surface area contributed by atoms with Gasteiger partial charge in [-0.15, -0.1) is 5.10 Å². The SMILES string of the molecule is C=N/C=C(\N=C(/C)c1nc(/C=C/C#N)co1)[C@@]12CC[C@@H](c3cc(-c4c(F)cccc4F)nnc31)C2(C)C. The fourth-order valence-corrected chi connectivity index (χ4v) is 5.96. The summed E-state index contributed by atoms with van der Waals surface area (Å²) in [6, 6.07) is 7.43. The maximum atomic E-state index is 14.5. The molecule has 0 radical (unpaired) electrons. The van der Waals surface area contributed by atoms with Crippen molar-refractivity contribution < 1.29 is 13.2 Å². The van der Waals surface area contributed by atoms with Gasteiger partial charge in [-0.2, -0.15) is 10.4 Å². The molecule has 186 valence electrons. The number of nitriles is 1. The Kier molecular flexibility index (Phi) is 5.91. The first-order valence-electron chi connectivity index (χ1n) is 11.8. The molecule has 0 saturated heterocycles. The van der Waals surface area contributed by atoms with Gasteiger partial charge >= 0.3 is 0 Å². The quantitative estimate of drug-likeness (QED) is 0.300. The van der Waals surface area contributed by atoms with Gasteiger partial charge in [0.15, 0.2) is 0 Å². The number of rotatable bonds is 6. The van der Waals surface area contributed by atoms with E-state index in [2.05, 4.69) is 40.7 Å². The predicted molar refractivity (Wildman–Crippen MR) is 136 cm³/mol. The van der Waals surface area contributed by atoms with E-state index in [-0.39, 0.29) is 22.6 Å². The highest BCUT2D eigenvalue weighted by Gasteiger charge is 2.65. The van der Waals surface area contributed by atoms with Crippen LogP contribution in [0.15, 0.2) is 62.9 Å². The second-order valence-corrected chi connectivity index (χ2v) is 9.78. The zero-order chi connectivity index (χ0) is 26.4. The summed E-state index contributed by atoms with van der Waals surface area (Å²) in [6.07, 6.45) is 7.52. The van der Waals surface area contributed by atoms with E-state index in [1.165, 1.54) is 30.5 Å². The Bertz CT molecular complexity index is 1520. The van der Waals surface area contributed by atoms with Crippen LogP contribution in [0.4, 0.5) is 8.78 Å². The predicted octanol–water partition coefficient (Wildman–Crippen LogP) is 6.15. The van der Waals surface area contributed by atoms with E-state index in [9.17, 15) is 8.78 Å². The molecule has 3 aromatic rings. The second-order valence-electron chi connectivity index (χ2n) is 9.78. The molecule has 1 fully saturated rings. The van der Waals surface area contributed by atoms with Crippen molar-refractivity contribution in [1.82, 2.24) is 15.2 Å². The zero-order valence-electron chi connectivity index (χ0n) is 20.7. The highest BCUT2D eigenvalue weighted by Crippen LogP contribution is 2.70. The summed E-state index contributed by atoms with van der Waals surface area (Å²) >= 11 is 0. The monoisotopic (exact) mass is 498 g/mol. The highest BCUT2D eigenvalue weighted by molar-refractivity contribution is 5.95. The lowest BCUT2D eigenvalue weighted by atomic mass is 9.66. The number of oxazole rings is 1. The molecule has 2 aliphatic rings. The number of nitrogens with zero attached hydrogens (tertiary/aromatic N) is 6. The number of aliphatic imine (C=N–C) groups is 2. The molecule has 2 atom stereocenters. The molecule has 0 aliphatic heterocycles. The normalized spacial score (nSPS) is 22.3. The molecule has 0 unspecified atom stereocenters. The molecule has 5 rings (SSSR count). The minimum Gasteiger partial charge on any atom is -0.443 e. The minimum atomic E-state index is -0.682. The molecule has 1 aromatic carbocycles. The van der Waals surface area contributed by atoms with Gasteiger partial charge in [-0.1, -0.05) is 19.9 Å². The average Bonchev–Trinajstić information content (AvgIpc) is 3.50. The molecule has 0 N–H and O–H groups in total. The van der Waals surface area contributed by atoms with E-state index < -0.39 is 17.0 Å². The fourth-order valence-electron chi connectivity index (χ4n) is 5.96. The standard InChI is InChI=1S/C28H24F2N6O/c1-16(26-34-17(15-37-26)7-6-12-31)33-23(14-32-4)28-11-10-19(27(28,2)3)18-13-22(35-36-25(18)28)24-20(29)8-5-9-21(24)30/h5-9,13-15,19H,4,10-11H2,1-3H3/b7-6+,23-14-,33-16+/t19-,28-/m0/s1. The van der Waals surface area contributed by atoms with Gasteiger partial charge in [0, 0.05) is 12.3 Å². The summed E-state index contributed by atoms with van der Waals surface area (Å²) in [4.78, 5) is 13.3. The Hall–Kier alpha value is -4.32. The van der Waals surface area contributed by atoms with Gasteiger partial charge in [-0.05, 0) is 67.7 Å². The van der Waals surface area contributed by atoms with Gasteiger partial charge < -0.3 is 4.42 Å². The molecule has 2 heterocycles. The number of hydrogen-bond donors (Lipinski definition) is 0. The molecule has 2 aromatic heterocycles. The second kappa shape index (κ2) is 8.96. The van der Waals surface area contributed by atoms with Crippen LogP contribution in [-0.4, -0.2) is 27.6 Å². The molecule has 0 amide bonds. The van der Waals surface area contributed by atoms with Crippen LogP contribution in [0.1, 0.15) is 62.4 Å². The van der Waals surface area contributed by atoms with Crippen molar-refractivity contribution in [3.8, 4) is 17.3 Å². The molecule has 37 heavy (non-hydrogen) atoms. The Balaban J connectivity index is 1.63. The Morgan fingerprint density at radius 2 is 2.03 bits per heavy atom. The first kappa shape index (κ1) is 24.4. The molecule has 0 spiro atoms. The Morgan fingerprint density at radius 1 is 1.27 bits per heavy atom. The van der Waals surface area contributed by atoms with Gasteiger partial charge in [0.2, 0.25) is 5.89 Å². The van der Waals surface area contributed by atoms with E-state index in [4.69, 9.17) is 14.7 Å². The first-order valence-corrected chi connectivity index (χ1v) is 11.8. The molecular formula is C28H24F2N6O. The zero-order valence-corrected chi connectivity index (χ0v) is 20.7. The smallest absolute Gasteiger partial charge is 0.240 e. The molecule has 1 saturated carbocycles. The average molecular weight is 499 g/mol. The Labute approximate surface area is 213 Å². The third-order valence-corrected chi connectivity index (χ3v) is 7.70. The van der Waals surface area contributed by atoms with Crippen LogP contribution in [0.2, 0.25) is 0 Å². The van der Waals surface area contributed by atoms with Crippen LogP contribution < -0.4 is 0 Å². The van der Waals surface area contributed by atoms with Crippen LogP contribution in [0, 0.1) is 28.4 Å². The van der Waals surface area contributed by atoms with Gasteiger partial charge in [0.05, 0.1) is 34.1 Å². The lowest BCUT2D eigenvalue weighted by Gasteiger charge is -2.38.